The largest absolute Gasteiger partial charge is 0.321 e. The Balaban J connectivity index is 2.28. The van der Waals surface area contributed by atoms with E-state index in [1.54, 1.807) is 23.9 Å². The van der Waals surface area contributed by atoms with Gasteiger partial charge in [-0.1, -0.05) is 30.5 Å². The summed E-state index contributed by atoms with van der Waals surface area (Å²) in [6.07, 6.45) is 5.07. The molecule has 0 unspecified atom stereocenters. The number of terminal acetylenes is 1. The molecule has 0 aromatic heterocycles. The number of halogens is 1. The zero-order valence-electron chi connectivity index (χ0n) is 14.0. The molecule has 8 heteroatoms. The van der Waals surface area contributed by atoms with Gasteiger partial charge in [0.1, 0.15) is 0 Å². The van der Waals surface area contributed by atoms with Gasteiger partial charge in [0.15, 0.2) is 0 Å². The second-order valence-electron chi connectivity index (χ2n) is 5.08. The van der Waals surface area contributed by atoms with Gasteiger partial charge in [0.25, 0.3) is 5.91 Å². The number of nitrogens with one attached hydrogen (secondary N) is 2. The van der Waals surface area contributed by atoms with Gasteiger partial charge in [0.2, 0.25) is 10.0 Å². The molecule has 0 saturated carbocycles. The number of thioether (sulfide) groups is 1. The number of sulfonamides is 1. The summed E-state index contributed by atoms with van der Waals surface area (Å²) < 4.78 is 26.6. The van der Waals surface area contributed by atoms with Crippen molar-refractivity contribution in [2.45, 2.75) is 16.7 Å². The van der Waals surface area contributed by atoms with Gasteiger partial charge in [-0.25, -0.2) is 8.42 Å². The predicted molar refractivity (Wildman–Crippen MR) is 106 cm³/mol. The number of benzene rings is 2. The first-order valence-electron chi connectivity index (χ1n) is 7.64. The Morgan fingerprint density at radius 1 is 1.27 bits per heavy atom. The lowest BCUT2D eigenvalue weighted by Crippen LogP contribution is -2.24. The van der Waals surface area contributed by atoms with Crippen LogP contribution in [-0.2, 0) is 10.0 Å². The maximum Gasteiger partial charge on any atom is 0.255 e. The average Bonchev–Trinajstić information content (AvgIpc) is 2.62. The van der Waals surface area contributed by atoms with Crippen LogP contribution in [-0.4, -0.2) is 26.6 Å². The third-order valence-corrected chi connectivity index (χ3v) is 5.85. The quantitative estimate of drug-likeness (QED) is 0.542. The SMILES string of the molecule is C#CCNS(=O)(=O)c1cccc(C(=O)Nc2cc(Cl)ccc2SCC)c1. The zero-order chi connectivity index (χ0) is 19.2. The first kappa shape index (κ1) is 20.3. The van der Waals surface area contributed by atoms with Gasteiger partial charge in [0, 0.05) is 15.5 Å². The Labute approximate surface area is 162 Å². The number of hydrogen-bond acceptors (Lipinski definition) is 4. The second-order valence-corrected chi connectivity index (χ2v) is 8.59. The van der Waals surface area contributed by atoms with Crippen molar-refractivity contribution >= 4 is 45.0 Å². The number of anilines is 1. The summed E-state index contributed by atoms with van der Waals surface area (Å²) in [5, 5.41) is 3.28. The average molecular weight is 409 g/mol. The van der Waals surface area contributed by atoms with Crippen LogP contribution in [0.5, 0.6) is 0 Å². The molecule has 0 fully saturated rings. The highest BCUT2D eigenvalue weighted by Crippen LogP contribution is 2.30. The summed E-state index contributed by atoms with van der Waals surface area (Å²) in [4.78, 5) is 13.4. The van der Waals surface area contributed by atoms with Crippen molar-refractivity contribution in [2.24, 2.45) is 0 Å². The van der Waals surface area contributed by atoms with E-state index in [2.05, 4.69) is 16.0 Å². The molecule has 26 heavy (non-hydrogen) atoms. The van der Waals surface area contributed by atoms with E-state index in [1.807, 2.05) is 13.0 Å². The summed E-state index contributed by atoms with van der Waals surface area (Å²) in [7, 11) is -3.77. The molecule has 2 rings (SSSR count). The van der Waals surface area contributed by atoms with E-state index < -0.39 is 15.9 Å². The molecular formula is C18H17ClN2O3S2. The maximum absolute atomic E-state index is 12.6. The Bertz CT molecular complexity index is 953. The lowest BCUT2D eigenvalue weighted by atomic mass is 10.2. The molecule has 5 nitrogen and oxygen atoms in total. The first-order chi connectivity index (χ1) is 12.4. The second kappa shape index (κ2) is 9.10. The molecule has 0 aliphatic heterocycles. The van der Waals surface area contributed by atoms with Gasteiger partial charge in [-0.2, -0.15) is 4.72 Å². The van der Waals surface area contributed by atoms with Gasteiger partial charge in [-0.3, -0.25) is 4.79 Å². The molecule has 0 atom stereocenters. The molecule has 0 bridgehead atoms. The fraction of sp³-hybridized carbons (Fsp3) is 0.167. The standard InChI is InChI=1S/C18H17ClN2O3S2/c1-3-10-20-26(23,24)15-7-5-6-13(11-15)18(22)21-16-12-14(19)8-9-17(16)25-4-2/h1,5-9,11-12,20H,4,10H2,2H3,(H,21,22). The van der Waals surface area contributed by atoms with E-state index in [0.29, 0.717) is 10.7 Å². The first-order valence-corrected chi connectivity index (χ1v) is 10.5. The summed E-state index contributed by atoms with van der Waals surface area (Å²) in [5.74, 6) is 2.60. The highest BCUT2D eigenvalue weighted by atomic mass is 35.5. The van der Waals surface area contributed by atoms with E-state index in [9.17, 15) is 13.2 Å². The molecule has 0 saturated heterocycles. The van der Waals surface area contributed by atoms with E-state index >= 15 is 0 Å². The molecule has 0 spiro atoms. The van der Waals surface area contributed by atoms with E-state index in [4.69, 9.17) is 18.0 Å². The molecule has 0 heterocycles. The Morgan fingerprint density at radius 3 is 2.73 bits per heavy atom. The van der Waals surface area contributed by atoms with Crippen LogP contribution >= 0.6 is 23.4 Å². The minimum absolute atomic E-state index is 0.0327. The van der Waals surface area contributed by atoms with Crippen LogP contribution in [0.1, 0.15) is 17.3 Å². The lowest BCUT2D eigenvalue weighted by Gasteiger charge is -2.11. The van der Waals surface area contributed by atoms with Crippen LogP contribution < -0.4 is 10.0 Å². The monoisotopic (exact) mass is 408 g/mol. The van der Waals surface area contributed by atoms with Crippen molar-refractivity contribution in [1.82, 2.24) is 4.72 Å². The van der Waals surface area contributed by atoms with Gasteiger partial charge in [0.05, 0.1) is 17.1 Å². The summed E-state index contributed by atoms with van der Waals surface area (Å²) in [6, 6.07) is 11.0. The Morgan fingerprint density at radius 2 is 2.04 bits per heavy atom. The van der Waals surface area contributed by atoms with Crippen molar-refractivity contribution in [1.29, 1.82) is 0 Å². The number of hydrogen-bond donors (Lipinski definition) is 2. The number of rotatable bonds is 7. The molecule has 136 valence electrons. The molecule has 2 N–H and O–H groups in total. The minimum Gasteiger partial charge on any atom is -0.321 e. The summed E-state index contributed by atoms with van der Waals surface area (Å²) >= 11 is 7.58. The topological polar surface area (TPSA) is 75.3 Å². The van der Waals surface area contributed by atoms with Gasteiger partial charge >= 0.3 is 0 Å². The van der Waals surface area contributed by atoms with Crippen LogP contribution in [0.25, 0.3) is 0 Å². The van der Waals surface area contributed by atoms with Gasteiger partial charge in [-0.15, -0.1) is 18.2 Å². The van der Waals surface area contributed by atoms with E-state index in [-0.39, 0.29) is 17.0 Å². The number of carbonyl (C=O) groups excluding carboxylic acids is 1. The maximum atomic E-state index is 12.6. The third-order valence-electron chi connectivity index (χ3n) is 3.26. The van der Waals surface area contributed by atoms with Crippen LogP contribution in [0.3, 0.4) is 0 Å². The Kier molecular flexibility index (Phi) is 7.12. The highest BCUT2D eigenvalue weighted by molar-refractivity contribution is 7.99. The molecule has 0 aliphatic rings. The number of amides is 1. The van der Waals surface area contributed by atoms with E-state index in [1.165, 1.54) is 24.3 Å². The molecule has 2 aromatic carbocycles. The van der Waals surface area contributed by atoms with Crippen molar-refractivity contribution in [3.63, 3.8) is 0 Å². The van der Waals surface area contributed by atoms with Crippen molar-refractivity contribution in [3.05, 3.63) is 53.1 Å². The summed E-state index contributed by atoms with van der Waals surface area (Å²) in [5.41, 5.74) is 0.786. The van der Waals surface area contributed by atoms with Crippen LogP contribution in [0.2, 0.25) is 5.02 Å². The van der Waals surface area contributed by atoms with Crippen LogP contribution in [0.15, 0.2) is 52.3 Å². The van der Waals surface area contributed by atoms with Crippen LogP contribution in [0.4, 0.5) is 5.69 Å². The van der Waals surface area contributed by atoms with E-state index in [0.717, 1.165) is 10.6 Å². The van der Waals surface area contributed by atoms with Crippen molar-refractivity contribution < 1.29 is 13.2 Å². The lowest BCUT2D eigenvalue weighted by molar-refractivity contribution is 0.102. The molecular weight excluding hydrogens is 392 g/mol. The highest BCUT2D eigenvalue weighted by Gasteiger charge is 2.16. The van der Waals surface area contributed by atoms with Crippen molar-refractivity contribution in [3.8, 4) is 12.3 Å². The van der Waals surface area contributed by atoms with Crippen molar-refractivity contribution in [2.75, 3.05) is 17.6 Å². The number of carbonyl (C=O) groups is 1. The molecule has 1 amide bonds. The Hall–Kier alpha value is -1.98. The van der Waals surface area contributed by atoms with Gasteiger partial charge < -0.3 is 5.32 Å². The summed E-state index contributed by atoms with van der Waals surface area (Å²) in [6.45, 7) is 1.88. The van der Waals surface area contributed by atoms with Gasteiger partial charge in [-0.05, 0) is 42.2 Å². The zero-order valence-corrected chi connectivity index (χ0v) is 16.3. The molecule has 0 aliphatic carbocycles. The fourth-order valence-electron chi connectivity index (χ4n) is 2.10. The fourth-order valence-corrected chi connectivity index (χ4v) is 3.99. The normalized spacial score (nSPS) is 11.0. The smallest absolute Gasteiger partial charge is 0.255 e. The third kappa shape index (κ3) is 5.26. The predicted octanol–water partition coefficient (Wildman–Crippen LogP) is 3.62. The minimum atomic E-state index is -3.77. The molecule has 2 aromatic rings. The van der Waals surface area contributed by atoms with Crippen LogP contribution in [0, 0.1) is 12.3 Å². The molecule has 0 radical (unpaired) electrons.